The van der Waals surface area contributed by atoms with Crippen LogP contribution in [-0.2, 0) is 10.2 Å². The number of ether oxygens (including phenoxy) is 2. The molecule has 2 bridgehead atoms. The van der Waals surface area contributed by atoms with E-state index in [1.165, 1.54) is 24.8 Å². The summed E-state index contributed by atoms with van der Waals surface area (Å²) in [6, 6.07) is 6.74. The van der Waals surface area contributed by atoms with Crippen molar-refractivity contribution in [1.29, 1.82) is 0 Å². The van der Waals surface area contributed by atoms with E-state index >= 15 is 0 Å². The molecule has 2 N–H and O–H groups in total. The van der Waals surface area contributed by atoms with E-state index in [0.29, 0.717) is 25.2 Å². The van der Waals surface area contributed by atoms with E-state index in [4.69, 9.17) is 9.47 Å². The normalized spacial score (nSPS) is 30.9. The Kier molecular flexibility index (Phi) is 4.50. The summed E-state index contributed by atoms with van der Waals surface area (Å²) in [6.07, 6.45) is 8.18. The molecule has 5 aliphatic rings. The van der Waals surface area contributed by atoms with Gasteiger partial charge in [0.25, 0.3) is 0 Å². The lowest BCUT2D eigenvalue weighted by Gasteiger charge is -2.42. The van der Waals surface area contributed by atoms with Crippen molar-refractivity contribution in [2.45, 2.75) is 56.4 Å². The fraction of sp³-hybridized carbons (Fsp3) is 0.682. The smallest absolute Gasteiger partial charge is 0.224 e. The second-order valence-electron chi connectivity index (χ2n) is 8.86. The van der Waals surface area contributed by atoms with Crippen molar-refractivity contribution >= 4 is 5.91 Å². The van der Waals surface area contributed by atoms with Gasteiger partial charge in [-0.15, -0.1) is 0 Å². The van der Waals surface area contributed by atoms with Crippen LogP contribution in [0.25, 0.3) is 0 Å². The van der Waals surface area contributed by atoms with Gasteiger partial charge in [-0.3, -0.25) is 4.79 Å². The van der Waals surface area contributed by atoms with Gasteiger partial charge in [0.05, 0.1) is 5.92 Å². The van der Waals surface area contributed by atoms with Gasteiger partial charge in [-0.2, -0.15) is 0 Å². The molecule has 2 saturated heterocycles. The second kappa shape index (κ2) is 7.01. The van der Waals surface area contributed by atoms with Crippen LogP contribution in [0.1, 0.15) is 50.5 Å². The van der Waals surface area contributed by atoms with Crippen LogP contribution >= 0.6 is 0 Å². The second-order valence-corrected chi connectivity index (χ2v) is 8.86. The molecule has 0 spiro atoms. The van der Waals surface area contributed by atoms with Crippen molar-refractivity contribution in [2.24, 2.45) is 11.8 Å². The fourth-order valence-electron chi connectivity index (χ4n) is 5.68. The lowest BCUT2D eigenvalue weighted by atomic mass is 9.73. The minimum atomic E-state index is 0.0343. The lowest BCUT2D eigenvalue weighted by molar-refractivity contribution is -0.128. The zero-order chi connectivity index (χ0) is 18.3. The Morgan fingerprint density at radius 1 is 1.15 bits per heavy atom. The molecule has 1 aromatic carbocycles. The third kappa shape index (κ3) is 3.20. The van der Waals surface area contributed by atoms with E-state index in [0.717, 1.165) is 50.3 Å². The first-order chi connectivity index (χ1) is 13.2. The molecule has 146 valence electrons. The van der Waals surface area contributed by atoms with E-state index < -0.39 is 0 Å². The first-order valence-electron chi connectivity index (χ1n) is 10.6. The highest BCUT2D eigenvalue weighted by Crippen LogP contribution is 2.44. The summed E-state index contributed by atoms with van der Waals surface area (Å²) >= 11 is 0. The van der Waals surface area contributed by atoms with Crippen LogP contribution in [0.5, 0.6) is 11.5 Å². The molecule has 5 nitrogen and oxygen atoms in total. The van der Waals surface area contributed by atoms with Gasteiger partial charge in [-0.1, -0.05) is 18.9 Å². The highest BCUT2D eigenvalue weighted by atomic mass is 16.6. The highest BCUT2D eigenvalue weighted by molar-refractivity contribution is 5.80. The SMILES string of the molecule is O=C(NCC1(c2ccc3c(c2)OCCO3)CCCC1)C1CC2CCC1NC2. The Bertz CT molecular complexity index is 706. The zero-order valence-corrected chi connectivity index (χ0v) is 16.0. The van der Waals surface area contributed by atoms with Crippen LogP contribution in [0.15, 0.2) is 18.2 Å². The van der Waals surface area contributed by atoms with Gasteiger partial charge < -0.3 is 20.1 Å². The maximum absolute atomic E-state index is 13.0. The van der Waals surface area contributed by atoms with Crippen LogP contribution in [0.3, 0.4) is 0 Å². The predicted molar refractivity (Wildman–Crippen MR) is 103 cm³/mol. The van der Waals surface area contributed by atoms with Crippen LogP contribution in [0.4, 0.5) is 0 Å². The summed E-state index contributed by atoms with van der Waals surface area (Å²) in [5.74, 6) is 2.78. The molecule has 1 amide bonds. The summed E-state index contributed by atoms with van der Waals surface area (Å²) in [6.45, 7) is 3.05. The molecule has 6 rings (SSSR count). The number of fused-ring (bicyclic) bond motifs is 4. The molecule has 3 heterocycles. The molecule has 2 saturated carbocycles. The standard InChI is InChI=1S/C22H30N2O3/c25-21(17-11-15-3-5-18(17)23-13-15)24-14-22(7-1-2-8-22)16-4-6-19-20(12-16)27-10-9-26-19/h4,6,12,15,17-18,23H,1-3,5,7-11,13-14H2,(H,24,25). The number of hydrogen-bond acceptors (Lipinski definition) is 4. The lowest BCUT2D eigenvalue weighted by Crippen LogP contribution is -2.55. The molecule has 4 fully saturated rings. The summed E-state index contributed by atoms with van der Waals surface area (Å²) in [5, 5.41) is 6.91. The Hall–Kier alpha value is -1.75. The van der Waals surface area contributed by atoms with Crippen LogP contribution in [0, 0.1) is 11.8 Å². The average molecular weight is 370 g/mol. The average Bonchev–Trinajstić information content (AvgIpc) is 3.23. The monoisotopic (exact) mass is 370 g/mol. The maximum atomic E-state index is 13.0. The first-order valence-corrected chi connectivity index (χ1v) is 10.6. The van der Waals surface area contributed by atoms with Gasteiger partial charge in [0.15, 0.2) is 11.5 Å². The van der Waals surface area contributed by atoms with E-state index in [-0.39, 0.29) is 17.2 Å². The van der Waals surface area contributed by atoms with Crippen molar-refractivity contribution in [3.8, 4) is 11.5 Å². The quantitative estimate of drug-likeness (QED) is 0.856. The molecular formula is C22H30N2O3. The Morgan fingerprint density at radius 3 is 2.67 bits per heavy atom. The molecule has 3 atom stereocenters. The van der Waals surface area contributed by atoms with Crippen molar-refractivity contribution in [3.63, 3.8) is 0 Å². The number of carbonyl (C=O) groups excluding carboxylic acids is 1. The largest absolute Gasteiger partial charge is 0.486 e. The molecule has 3 unspecified atom stereocenters. The number of piperidine rings is 2. The van der Waals surface area contributed by atoms with Crippen molar-refractivity contribution < 1.29 is 14.3 Å². The van der Waals surface area contributed by atoms with E-state index in [1.54, 1.807) is 0 Å². The minimum absolute atomic E-state index is 0.0343. The topological polar surface area (TPSA) is 59.6 Å². The number of rotatable bonds is 4. The van der Waals surface area contributed by atoms with Crippen LogP contribution in [0.2, 0.25) is 0 Å². The fourth-order valence-corrected chi connectivity index (χ4v) is 5.68. The van der Waals surface area contributed by atoms with Crippen LogP contribution < -0.4 is 20.1 Å². The summed E-state index contributed by atoms with van der Waals surface area (Å²) in [4.78, 5) is 13.0. The third-order valence-corrected chi connectivity index (χ3v) is 7.28. The number of nitrogens with one attached hydrogen (secondary N) is 2. The van der Waals surface area contributed by atoms with E-state index in [1.807, 2.05) is 6.07 Å². The Morgan fingerprint density at radius 2 is 1.96 bits per heavy atom. The molecule has 1 aromatic rings. The Balaban J connectivity index is 1.31. The molecule has 0 radical (unpaired) electrons. The summed E-state index contributed by atoms with van der Waals surface area (Å²) in [5.41, 5.74) is 1.32. The molecule has 0 aromatic heterocycles. The zero-order valence-electron chi connectivity index (χ0n) is 16.0. The van der Waals surface area contributed by atoms with Crippen molar-refractivity contribution in [3.05, 3.63) is 23.8 Å². The summed E-state index contributed by atoms with van der Waals surface area (Å²) < 4.78 is 11.5. The summed E-state index contributed by atoms with van der Waals surface area (Å²) in [7, 11) is 0. The first kappa shape index (κ1) is 17.4. The number of carbonyl (C=O) groups is 1. The van der Waals surface area contributed by atoms with Gasteiger partial charge in [-0.05, 0) is 62.3 Å². The molecule has 27 heavy (non-hydrogen) atoms. The maximum Gasteiger partial charge on any atom is 0.224 e. The van der Waals surface area contributed by atoms with Crippen LogP contribution in [-0.4, -0.2) is 38.3 Å². The molecule has 2 aliphatic carbocycles. The van der Waals surface area contributed by atoms with Gasteiger partial charge in [0.1, 0.15) is 13.2 Å². The number of benzene rings is 1. The van der Waals surface area contributed by atoms with E-state index in [9.17, 15) is 4.79 Å². The van der Waals surface area contributed by atoms with Crippen molar-refractivity contribution in [2.75, 3.05) is 26.3 Å². The third-order valence-electron chi connectivity index (χ3n) is 7.28. The minimum Gasteiger partial charge on any atom is -0.486 e. The molecule has 5 heteroatoms. The predicted octanol–water partition coefficient (Wildman–Crippen LogP) is 2.77. The highest BCUT2D eigenvalue weighted by Gasteiger charge is 2.41. The number of amides is 1. The number of hydrogen-bond donors (Lipinski definition) is 2. The molecular weight excluding hydrogens is 340 g/mol. The molecule has 3 aliphatic heterocycles. The van der Waals surface area contributed by atoms with Gasteiger partial charge in [-0.25, -0.2) is 0 Å². The van der Waals surface area contributed by atoms with Gasteiger partial charge >= 0.3 is 0 Å². The van der Waals surface area contributed by atoms with Gasteiger partial charge in [0.2, 0.25) is 5.91 Å². The van der Waals surface area contributed by atoms with E-state index in [2.05, 4.69) is 22.8 Å². The Labute approximate surface area is 161 Å². The van der Waals surface area contributed by atoms with Gasteiger partial charge in [0, 0.05) is 18.0 Å². The van der Waals surface area contributed by atoms with Crippen molar-refractivity contribution in [1.82, 2.24) is 10.6 Å².